The Hall–Kier alpha value is -3.10. The Morgan fingerprint density at radius 1 is 1.08 bits per heavy atom. The molecule has 1 N–H and O–H groups in total. The highest BCUT2D eigenvalue weighted by atomic mass is 32.2. The van der Waals surface area contributed by atoms with E-state index in [1.807, 2.05) is 74.5 Å². The standard InChI is InChI=1S/C31H34N2O5S/c1-19(2)23(18-34)33-27-29(36)32(22-13-12-20-9-5-6-10-21(20)17-22)15-8-14-31(27)26(28(33)35)25-24(39-31)11-4-3-7-16-38-30(25)37/h4-6,8-14,17,19,23-27,34H,3,7,15-16,18H2,1-2H3/b11-4-/t23-,24+,25-,26-,27?,31-/m0/s1. The number of carbonyl (C=O) groups is 3. The van der Waals surface area contributed by atoms with Gasteiger partial charge in [0.25, 0.3) is 5.91 Å². The summed E-state index contributed by atoms with van der Waals surface area (Å²) in [6, 6.07) is 12.5. The summed E-state index contributed by atoms with van der Waals surface area (Å²) in [5.74, 6) is -2.36. The largest absolute Gasteiger partial charge is 0.465 e. The molecule has 4 aliphatic rings. The molecule has 2 amide bonds. The van der Waals surface area contributed by atoms with Gasteiger partial charge in [-0.2, -0.15) is 0 Å². The maximum atomic E-state index is 14.6. The number of esters is 1. The zero-order valence-electron chi connectivity index (χ0n) is 22.2. The molecule has 8 heteroatoms. The molecule has 204 valence electrons. The van der Waals surface area contributed by atoms with Gasteiger partial charge in [0, 0.05) is 17.5 Å². The third-order valence-electron chi connectivity index (χ3n) is 8.65. The molecule has 6 rings (SSSR count). The van der Waals surface area contributed by atoms with Gasteiger partial charge in [0.1, 0.15) is 6.04 Å². The zero-order chi connectivity index (χ0) is 27.3. The van der Waals surface area contributed by atoms with Crippen molar-refractivity contribution in [2.24, 2.45) is 17.8 Å². The number of benzene rings is 2. The van der Waals surface area contributed by atoms with Crippen LogP contribution in [0.2, 0.25) is 0 Å². The maximum Gasteiger partial charge on any atom is 0.311 e. The van der Waals surface area contributed by atoms with E-state index in [9.17, 15) is 19.5 Å². The van der Waals surface area contributed by atoms with E-state index in [1.165, 1.54) is 11.8 Å². The van der Waals surface area contributed by atoms with E-state index in [-0.39, 0.29) is 35.6 Å². The third kappa shape index (κ3) is 4.11. The minimum absolute atomic E-state index is 0.0860. The molecule has 39 heavy (non-hydrogen) atoms. The minimum atomic E-state index is -0.944. The van der Waals surface area contributed by atoms with Gasteiger partial charge in [-0.05, 0) is 41.7 Å². The monoisotopic (exact) mass is 546 g/mol. The quantitative estimate of drug-likeness (QED) is 0.462. The first-order valence-electron chi connectivity index (χ1n) is 13.8. The van der Waals surface area contributed by atoms with Crippen molar-refractivity contribution >= 4 is 46.0 Å². The number of fused-ring (bicyclic) bond motifs is 3. The van der Waals surface area contributed by atoms with Crippen molar-refractivity contribution in [3.8, 4) is 0 Å². The Bertz CT molecular complexity index is 1370. The summed E-state index contributed by atoms with van der Waals surface area (Å²) in [6.07, 6.45) is 9.59. The van der Waals surface area contributed by atoms with Crippen molar-refractivity contribution in [1.29, 1.82) is 0 Å². The van der Waals surface area contributed by atoms with E-state index in [0.29, 0.717) is 13.2 Å². The van der Waals surface area contributed by atoms with Gasteiger partial charge in [-0.3, -0.25) is 14.4 Å². The third-order valence-corrected chi connectivity index (χ3v) is 10.4. The highest BCUT2D eigenvalue weighted by molar-refractivity contribution is 8.02. The summed E-state index contributed by atoms with van der Waals surface area (Å²) in [5.41, 5.74) is 0.756. The molecule has 2 saturated heterocycles. The molecule has 1 spiro atoms. The number of hydrogen-bond acceptors (Lipinski definition) is 6. The van der Waals surface area contributed by atoms with E-state index in [4.69, 9.17) is 4.74 Å². The fraction of sp³-hybridized carbons (Fsp3) is 0.452. The number of hydrogen-bond donors (Lipinski definition) is 1. The summed E-state index contributed by atoms with van der Waals surface area (Å²) >= 11 is 1.53. The molecule has 0 radical (unpaired) electrons. The SMILES string of the molecule is CC(C)[C@H](CO)N1C(=O)[C@@H]2[C@H]3C(=O)OCCC/C=C\[C@H]3S[C@@]23C=CCN(c2ccc4ccccc4c2)C(=O)C13. The number of likely N-dealkylation sites (tertiary alicyclic amines) is 1. The second kappa shape index (κ2) is 10.1. The topological polar surface area (TPSA) is 87.2 Å². The van der Waals surface area contributed by atoms with E-state index in [0.717, 1.165) is 29.3 Å². The van der Waals surface area contributed by atoms with Gasteiger partial charge < -0.3 is 19.6 Å². The predicted molar refractivity (Wildman–Crippen MR) is 152 cm³/mol. The molecule has 0 aromatic heterocycles. The van der Waals surface area contributed by atoms with Crippen LogP contribution in [0.5, 0.6) is 0 Å². The van der Waals surface area contributed by atoms with Crippen LogP contribution in [0.25, 0.3) is 10.8 Å². The highest BCUT2D eigenvalue weighted by Crippen LogP contribution is 2.61. The molecule has 0 bridgehead atoms. The summed E-state index contributed by atoms with van der Waals surface area (Å²) in [7, 11) is 0. The summed E-state index contributed by atoms with van der Waals surface area (Å²) in [5, 5.41) is 12.3. The van der Waals surface area contributed by atoms with Gasteiger partial charge in [0.15, 0.2) is 0 Å². The molecule has 0 saturated carbocycles. The second-order valence-corrected chi connectivity index (χ2v) is 12.7. The van der Waals surface area contributed by atoms with Gasteiger partial charge >= 0.3 is 5.97 Å². The summed E-state index contributed by atoms with van der Waals surface area (Å²) < 4.78 is 4.69. The Balaban J connectivity index is 1.49. The van der Waals surface area contributed by atoms with Crippen molar-refractivity contribution < 1.29 is 24.2 Å². The molecule has 0 aliphatic carbocycles. The number of ether oxygens (including phenoxy) is 1. The zero-order valence-corrected chi connectivity index (χ0v) is 23.0. The molecular formula is C31H34N2O5S. The van der Waals surface area contributed by atoms with Gasteiger partial charge in [-0.15, -0.1) is 11.8 Å². The minimum Gasteiger partial charge on any atom is -0.465 e. The summed E-state index contributed by atoms with van der Waals surface area (Å²) in [6.45, 7) is 4.29. The number of carbonyl (C=O) groups excluding carboxylic acids is 3. The molecule has 2 aromatic carbocycles. The number of anilines is 1. The van der Waals surface area contributed by atoms with Crippen LogP contribution in [0, 0.1) is 17.8 Å². The van der Waals surface area contributed by atoms with Crippen molar-refractivity contribution in [2.45, 2.75) is 48.8 Å². The molecule has 2 aromatic rings. The number of nitrogens with zero attached hydrogens (tertiary/aromatic N) is 2. The van der Waals surface area contributed by atoms with Crippen LogP contribution in [0.4, 0.5) is 5.69 Å². The smallest absolute Gasteiger partial charge is 0.311 e. The van der Waals surface area contributed by atoms with Crippen LogP contribution < -0.4 is 4.90 Å². The van der Waals surface area contributed by atoms with Crippen LogP contribution >= 0.6 is 11.8 Å². The Kier molecular flexibility index (Phi) is 6.79. The molecule has 4 heterocycles. The lowest BCUT2D eigenvalue weighted by molar-refractivity contribution is -0.153. The number of allylic oxidation sites excluding steroid dienone is 1. The van der Waals surface area contributed by atoms with Crippen LogP contribution in [-0.2, 0) is 19.1 Å². The predicted octanol–water partition coefficient (Wildman–Crippen LogP) is 3.95. The first-order valence-corrected chi connectivity index (χ1v) is 14.7. The lowest BCUT2D eigenvalue weighted by Gasteiger charge is -2.39. The number of amides is 2. The molecule has 4 aliphatic heterocycles. The first-order chi connectivity index (χ1) is 18.9. The van der Waals surface area contributed by atoms with E-state index >= 15 is 0 Å². The van der Waals surface area contributed by atoms with Crippen LogP contribution in [0.15, 0.2) is 66.8 Å². The molecule has 1 unspecified atom stereocenters. The second-order valence-electron chi connectivity index (χ2n) is 11.2. The highest BCUT2D eigenvalue weighted by Gasteiger charge is 2.71. The van der Waals surface area contributed by atoms with Gasteiger partial charge in [-0.25, -0.2) is 0 Å². The van der Waals surface area contributed by atoms with E-state index in [2.05, 4.69) is 6.08 Å². The number of cyclic esters (lactones) is 1. The van der Waals surface area contributed by atoms with Crippen molar-refractivity contribution in [3.05, 3.63) is 66.8 Å². The Morgan fingerprint density at radius 3 is 2.64 bits per heavy atom. The van der Waals surface area contributed by atoms with Crippen molar-refractivity contribution in [2.75, 3.05) is 24.7 Å². The van der Waals surface area contributed by atoms with Gasteiger partial charge in [-0.1, -0.05) is 68.5 Å². The fourth-order valence-corrected chi connectivity index (χ4v) is 8.73. The van der Waals surface area contributed by atoms with Crippen LogP contribution in [-0.4, -0.2) is 69.6 Å². The number of rotatable bonds is 4. The number of thioether (sulfide) groups is 1. The van der Waals surface area contributed by atoms with Crippen LogP contribution in [0.3, 0.4) is 0 Å². The maximum absolute atomic E-state index is 14.6. The van der Waals surface area contributed by atoms with Gasteiger partial charge in [0.2, 0.25) is 5.91 Å². The van der Waals surface area contributed by atoms with E-state index in [1.54, 1.807) is 9.80 Å². The average molecular weight is 547 g/mol. The lowest BCUT2D eigenvalue weighted by Crippen LogP contribution is -2.57. The Labute approximate surface area is 232 Å². The van der Waals surface area contributed by atoms with Crippen molar-refractivity contribution in [3.63, 3.8) is 0 Å². The molecule has 2 fully saturated rings. The number of aliphatic hydroxyl groups excluding tert-OH is 1. The molecule has 6 atom stereocenters. The molecule has 7 nitrogen and oxygen atoms in total. The van der Waals surface area contributed by atoms with Gasteiger partial charge in [0.05, 0.1) is 35.8 Å². The van der Waals surface area contributed by atoms with E-state index < -0.39 is 28.7 Å². The lowest BCUT2D eigenvalue weighted by atomic mass is 9.78. The number of aliphatic hydroxyl groups is 1. The average Bonchev–Trinajstić information content (AvgIpc) is 3.34. The first kappa shape index (κ1) is 26.1. The normalized spacial score (nSPS) is 32.2. The molecular weight excluding hydrogens is 512 g/mol. The Morgan fingerprint density at radius 2 is 1.87 bits per heavy atom. The fourth-order valence-electron chi connectivity index (χ4n) is 6.75. The van der Waals surface area contributed by atoms with Crippen LogP contribution in [0.1, 0.15) is 26.7 Å². The van der Waals surface area contributed by atoms with Crippen molar-refractivity contribution in [1.82, 2.24) is 4.90 Å². The summed E-state index contributed by atoms with van der Waals surface area (Å²) in [4.78, 5) is 45.8.